The monoisotopic (exact) mass is 438 g/mol. The molecule has 5 aromatic rings. The van der Waals surface area contributed by atoms with Gasteiger partial charge in [0.2, 0.25) is 0 Å². The second-order valence-corrected chi connectivity index (χ2v) is 9.17. The fourth-order valence-corrected chi connectivity index (χ4v) is 4.78. The highest BCUT2D eigenvalue weighted by atomic mass is 15.1. The number of aryl methyl sites for hydroxylation is 2. The highest BCUT2D eigenvalue weighted by Crippen LogP contribution is 2.41. The molecule has 0 saturated heterocycles. The van der Waals surface area contributed by atoms with E-state index in [4.69, 9.17) is 0 Å². The van der Waals surface area contributed by atoms with Gasteiger partial charge in [0.1, 0.15) is 17.9 Å². The Morgan fingerprint density at radius 1 is 0.879 bits per heavy atom. The van der Waals surface area contributed by atoms with Crippen molar-refractivity contribution in [2.45, 2.75) is 40.5 Å². The second kappa shape index (κ2) is 8.90. The first-order chi connectivity index (χ1) is 15.9. The molecular formula is C30H36N3+. The van der Waals surface area contributed by atoms with E-state index in [2.05, 4.69) is 123 Å². The van der Waals surface area contributed by atoms with Crippen molar-refractivity contribution in [1.82, 2.24) is 4.40 Å². The Balaban J connectivity index is 0.00000126. The zero-order valence-electron chi connectivity index (χ0n) is 21.3. The number of pyridine rings is 1. The Hall–Kier alpha value is -3.33. The quantitative estimate of drug-likeness (QED) is 0.213. The summed E-state index contributed by atoms with van der Waals surface area (Å²) in [7, 11) is 6.37. The second-order valence-electron chi connectivity index (χ2n) is 9.17. The van der Waals surface area contributed by atoms with E-state index in [1.807, 2.05) is 13.8 Å². The van der Waals surface area contributed by atoms with Crippen LogP contribution in [0, 0.1) is 6.92 Å². The predicted molar refractivity (Wildman–Crippen MR) is 144 cm³/mol. The molecule has 2 heterocycles. The lowest BCUT2D eigenvalue weighted by molar-refractivity contribution is -0.643. The molecule has 3 nitrogen and oxygen atoms in total. The van der Waals surface area contributed by atoms with Crippen molar-refractivity contribution in [3.05, 3.63) is 78.1 Å². The molecule has 3 heteroatoms. The first kappa shape index (κ1) is 22.8. The topological polar surface area (TPSA) is 11.5 Å². The van der Waals surface area contributed by atoms with Gasteiger partial charge >= 0.3 is 0 Å². The number of anilines is 1. The van der Waals surface area contributed by atoms with Gasteiger partial charge in [0.15, 0.2) is 0 Å². The van der Waals surface area contributed by atoms with E-state index in [9.17, 15) is 0 Å². The lowest BCUT2D eigenvalue weighted by Crippen LogP contribution is -2.26. The average Bonchev–Trinajstić information content (AvgIpc) is 3.21. The molecule has 0 spiro atoms. The molecule has 5 rings (SSSR count). The van der Waals surface area contributed by atoms with Crippen LogP contribution in [0.2, 0.25) is 0 Å². The molecule has 0 amide bonds. The van der Waals surface area contributed by atoms with Crippen LogP contribution in [0.25, 0.3) is 38.4 Å². The number of imidazole rings is 1. The number of nitrogens with zero attached hydrogens (tertiary/aromatic N) is 3. The molecule has 0 aliphatic rings. The summed E-state index contributed by atoms with van der Waals surface area (Å²) in [5, 5.41) is 3.99. The van der Waals surface area contributed by atoms with Crippen LogP contribution in [0.4, 0.5) is 5.69 Å². The number of hydrogen-bond acceptors (Lipinski definition) is 1. The van der Waals surface area contributed by atoms with Crippen molar-refractivity contribution in [1.29, 1.82) is 0 Å². The van der Waals surface area contributed by atoms with Crippen molar-refractivity contribution in [3.8, 4) is 11.1 Å². The van der Waals surface area contributed by atoms with E-state index in [1.165, 1.54) is 55.3 Å². The van der Waals surface area contributed by atoms with Gasteiger partial charge in [0, 0.05) is 30.6 Å². The van der Waals surface area contributed by atoms with Crippen LogP contribution in [0.3, 0.4) is 0 Å². The van der Waals surface area contributed by atoms with Crippen LogP contribution in [0.5, 0.6) is 0 Å². The van der Waals surface area contributed by atoms with E-state index in [0.717, 1.165) is 0 Å². The molecular weight excluding hydrogens is 402 g/mol. The number of hydrogen-bond donors (Lipinski definition) is 0. The SMILES string of the molecule is CC.Cc1ccc(-c2ccc(C(C)C)c3c2c2cc(N(C)C)ccc2n2cc[n+](C)c32)cc1. The van der Waals surface area contributed by atoms with Crippen LogP contribution in [0.15, 0.2) is 67.0 Å². The number of fused-ring (bicyclic) bond motifs is 6. The number of benzene rings is 3. The third-order valence-corrected chi connectivity index (χ3v) is 6.47. The summed E-state index contributed by atoms with van der Waals surface area (Å²) in [4.78, 5) is 2.18. The first-order valence-electron chi connectivity index (χ1n) is 12.0. The van der Waals surface area contributed by atoms with Gasteiger partial charge in [0.05, 0.1) is 12.4 Å². The first-order valence-corrected chi connectivity index (χ1v) is 12.0. The highest BCUT2D eigenvalue weighted by Gasteiger charge is 2.24. The summed E-state index contributed by atoms with van der Waals surface area (Å²) in [5.41, 5.74) is 8.94. The fourth-order valence-electron chi connectivity index (χ4n) is 4.78. The molecule has 0 bridgehead atoms. The highest BCUT2D eigenvalue weighted by molar-refractivity contribution is 6.19. The number of aromatic nitrogens is 2. The summed E-state index contributed by atoms with van der Waals surface area (Å²) < 4.78 is 4.61. The van der Waals surface area contributed by atoms with E-state index in [1.54, 1.807) is 0 Å². The van der Waals surface area contributed by atoms with E-state index in [-0.39, 0.29) is 0 Å². The third-order valence-electron chi connectivity index (χ3n) is 6.47. The lowest BCUT2D eigenvalue weighted by atomic mass is 9.89. The minimum absolute atomic E-state index is 0.433. The zero-order valence-corrected chi connectivity index (χ0v) is 21.3. The van der Waals surface area contributed by atoms with Gasteiger partial charge in [-0.05, 0) is 47.7 Å². The molecule has 0 N–H and O–H groups in total. The molecule has 3 aromatic carbocycles. The molecule has 170 valence electrons. The van der Waals surface area contributed by atoms with Gasteiger partial charge in [0.25, 0.3) is 5.65 Å². The van der Waals surface area contributed by atoms with E-state index in [0.29, 0.717) is 5.92 Å². The standard InChI is InChI=1S/C28H30N3.C2H6/c1-18(2)22-12-13-23(20-9-7-19(3)8-10-20)26-24-17-21(29(4)5)11-14-25(24)31-16-15-30(6)28(31)27(22)26;1-2/h7-18H,1-6H3;1-2H3/q+1;. The molecule has 0 radical (unpaired) electrons. The summed E-state index contributed by atoms with van der Waals surface area (Å²) in [6, 6.07) is 20.4. The molecule has 0 saturated carbocycles. The number of rotatable bonds is 3. The lowest BCUT2D eigenvalue weighted by Gasteiger charge is -2.18. The summed E-state index contributed by atoms with van der Waals surface area (Å²) in [5.74, 6) is 0.433. The van der Waals surface area contributed by atoms with Crippen LogP contribution >= 0.6 is 0 Å². The molecule has 0 aliphatic carbocycles. The smallest absolute Gasteiger partial charge is 0.294 e. The van der Waals surface area contributed by atoms with Crippen LogP contribution < -0.4 is 9.47 Å². The molecule has 2 aromatic heterocycles. The van der Waals surface area contributed by atoms with Gasteiger partial charge < -0.3 is 4.90 Å². The van der Waals surface area contributed by atoms with Gasteiger partial charge in [-0.2, -0.15) is 4.40 Å². The van der Waals surface area contributed by atoms with Gasteiger partial charge in [-0.3, -0.25) is 0 Å². The Bertz CT molecular complexity index is 1440. The predicted octanol–water partition coefficient (Wildman–Crippen LogP) is 7.26. The van der Waals surface area contributed by atoms with Crippen LogP contribution in [0.1, 0.15) is 44.7 Å². The molecule has 33 heavy (non-hydrogen) atoms. The van der Waals surface area contributed by atoms with Crippen molar-refractivity contribution >= 4 is 33.0 Å². The maximum atomic E-state index is 2.35. The molecule has 0 fully saturated rings. The molecule has 0 atom stereocenters. The van der Waals surface area contributed by atoms with Crippen molar-refractivity contribution in [3.63, 3.8) is 0 Å². The Morgan fingerprint density at radius 2 is 1.58 bits per heavy atom. The normalized spacial score (nSPS) is 11.3. The summed E-state index contributed by atoms with van der Waals surface area (Å²) in [6.45, 7) is 10.7. The van der Waals surface area contributed by atoms with Crippen LogP contribution in [-0.4, -0.2) is 18.5 Å². The van der Waals surface area contributed by atoms with Gasteiger partial charge in [-0.25, -0.2) is 4.57 Å². The van der Waals surface area contributed by atoms with Gasteiger partial charge in [-0.1, -0.05) is 69.7 Å². The van der Waals surface area contributed by atoms with E-state index >= 15 is 0 Å². The van der Waals surface area contributed by atoms with Gasteiger partial charge in [-0.15, -0.1) is 0 Å². The third kappa shape index (κ3) is 3.76. The summed E-state index contributed by atoms with van der Waals surface area (Å²) in [6.07, 6.45) is 4.35. The minimum atomic E-state index is 0.433. The molecule has 0 unspecified atom stereocenters. The fraction of sp³-hybridized carbons (Fsp3) is 0.300. The van der Waals surface area contributed by atoms with Crippen LogP contribution in [-0.2, 0) is 7.05 Å². The Labute approximate surface area is 197 Å². The Kier molecular flexibility index (Phi) is 6.16. The maximum absolute atomic E-state index is 2.35. The summed E-state index contributed by atoms with van der Waals surface area (Å²) >= 11 is 0. The Morgan fingerprint density at radius 3 is 2.21 bits per heavy atom. The average molecular weight is 439 g/mol. The van der Waals surface area contributed by atoms with E-state index < -0.39 is 0 Å². The minimum Gasteiger partial charge on any atom is -0.378 e. The van der Waals surface area contributed by atoms with Crippen molar-refractivity contribution < 1.29 is 4.57 Å². The largest absolute Gasteiger partial charge is 0.378 e. The van der Waals surface area contributed by atoms with Crippen molar-refractivity contribution in [2.75, 3.05) is 19.0 Å². The van der Waals surface area contributed by atoms with Crippen molar-refractivity contribution in [2.24, 2.45) is 7.05 Å². The zero-order chi connectivity index (χ0) is 23.9. The molecule has 0 aliphatic heterocycles. The maximum Gasteiger partial charge on any atom is 0.294 e.